The summed E-state index contributed by atoms with van der Waals surface area (Å²) >= 11 is 0. The van der Waals surface area contributed by atoms with Gasteiger partial charge in [0.05, 0.1) is 19.7 Å². The quantitative estimate of drug-likeness (QED) is 0.747. The number of benzene rings is 2. The number of methoxy groups -OCH3 is 1. The molecule has 0 saturated heterocycles. The summed E-state index contributed by atoms with van der Waals surface area (Å²) in [6.07, 6.45) is 0. The van der Waals surface area contributed by atoms with E-state index in [0.717, 1.165) is 22.0 Å². The smallest absolute Gasteiger partial charge is 0.247 e. The molecule has 0 aliphatic carbocycles. The molecular formula is C19H23FN2O4S. The molecule has 2 aromatic rings. The Morgan fingerprint density at radius 1 is 1.22 bits per heavy atom. The Morgan fingerprint density at radius 3 is 2.48 bits per heavy atom. The fourth-order valence-electron chi connectivity index (χ4n) is 2.63. The summed E-state index contributed by atoms with van der Waals surface area (Å²) in [5.74, 6) is -1.13. The summed E-state index contributed by atoms with van der Waals surface area (Å²) in [7, 11) is -2.80. The molecule has 1 N–H and O–H groups in total. The SMILES string of the molecule is CCN(CC(=O)N[C@H](C)c1ccccc1)S(=O)(=O)c1cc(F)ccc1OC. The first-order valence-corrected chi connectivity index (χ1v) is 9.91. The van der Waals surface area contributed by atoms with Crippen LogP contribution < -0.4 is 10.1 Å². The lowest BCUT2D eigenvalue weighted by Gasteiger charge is -2.22. The molecule has 0 aliphatic rings. The zero-order chi connectivity index (χ0) is 20.0. The van der Waals surface area contributed by atoms with Crippen molar-refractivity contribution in [1.29, 1.82) is 0 Å². The minimum Gasteiger partial charge on any atom is -0.495 e. The zero-order valence-corrected chi connectivity index (χ0v) is 16.3. The average molecular weight is 394 g/mol. The third kappa shape index (κ3) is 5.05. The summed E-state index contributed by atoms with van der Waals surface area (Å²) in [5.41, 5.74) is 0.906. The number of carbonyl (C=O) groups is 1. The number of amides is 1. The van der Waals surface area contributed by atoms with Crippen LogP contribution in [-0.4, -0.2) is 38.8 Å². The summed E-state index contributed by atoms with van der Waals surface area (Å²) in [6, 6.07) is 12.3. The van der Waals surface area contributed by atoms with Gasteiger partial charge in [0.2, 0.25) is 15.9 Å². The first kappa shape index (κ1) is 20.9. The molecule has 0 saturated carbocycles. The van der Waals surface area contributed by atoms with Crippen LogP contribution in [0.2, 0.25) is 0 Å². The predicted octanol–water partition coefficient (Wildman–Crippen LogP) is 2.72. The number of likely N-dealkylation sites (N-methyl/N-ethyl adjacent to an activating group) is 1. The third-order valence-electron chi connectivity index (χ3n) is 4.09. The van der Waals surface area contributed by atoms with Gasteiger partial charge >= 0.3 is 0 Å². The van der Waals surface area contributed by atoms with Crippen molar-refractivity contribution in [2.75, 3.05) is 20.2 Å². The largest absolute Gasteiger partial charge is 0.495 e. The second-order valence-corrected chi connectivity index (χ2v) is 7.83. The molecule has 0 heterocycles. The van der Waals surface area contributed by atoms with E-state index in [4.69, 9.17) is 4.74 Å². The van der Waals surface area contributed by atoms with Gasteiger partial charge in [0, 0.05) is 6.54 Å². The van der Waals surface area contributed by atoms with Gasteiger partial charge in [-0.15, -0.1) is 0 Å². The molecule has 2 rings (SSSR count). The molecule has 27 heavy (non-hydrogen) atoms. The molecule has 0 spiro atoms. The van der Waals surface area contributed by atoms with E-state index >= 15 is 0 Å². The molecular weight excluding hydrogens is 371 g/mol. The van der Waals surface area contributed by atoms with Crippen molar-refractivity contribution in [2.24, 2.45) is 0 Å². The lowest BCUT2D eigenvalue weighted by Crippen LogP contribution is -2.41. The van der Waals surface area contributed by atoms with Crippen molar-refractivity contribution in [3.8, 4) is 5.75 Å². The lowest BCUT2D eigenvalue weighted by atomic mass is 10.1. The number of nitrogens with zero attached hydrogens (tertiary/aromatic N) is 1. The fraction of sp³-hybridized carbons (Fsp3) is 0.316. The van der Waals surface area contributed by atoms with Gasteiger partial charge < -0.3 is 10.1 Å². The standard InChI is InChI=1S/C19H23FN2O4S/c1-4-22(13-19(23)21-14(2)15-8-6-5-7-9-15)27(24,25)18-12-16(20)10-11-17(18)26-3/h5-12,14H,4,13H2,1-3H3,(H,21,23)/t14-/m1/s1. The molecule has 2 aromatic carbocycles. The minimum atomic E-state index is -4.10. The van der Waals surface area contributed by atoms with Crippen LogP contribution in [0.3, 0.4) is 0 Å². The Labute approximate surface area is 159 Å². The molecule has 0 aliphatic heterocycles. The zero-order valence-electron chi connectivity index (χ0n) is 15.5. The lowest BCUT2D eigenvalue weighted by molar-refractivity contribution is -0.121. The van der Waals surface area contributed by atoms with Crippen molar-refractivity contribution < 1.29 is 22.3 Å². The predicted molar refractivity (Wildman–Crippen MR) is 100 cm³/mol. The number of sulfonamides is 1. The molecule has 1 atom stereocenters. The summed E-state index contributed by atoms with van der Waals surface area (Å²) in [4.78, 5) is 12.1. The Balaban J connectivity index is 2.18. The monoisotopic (exact) mass is 394 g/mol. The molecule has 0 fully saturated rings. The summed E-state index contributed by atoms with van der Waals surface area (Å²) in [6.45, 7) is 3.09. The first-order chi connectivity index (χ1) is 12.8. The van der Waals surface area contributed by atoms with Crippen LogP contribution >= 0.6 is 0 Å². The van der Waals surface area contributed by atoms with E-state index in [0.29, 0.717) is 0 Å². The molecule has 6 nitrogen and oxygen atoms in total. The van der Waals surface area contributed by atoms with E-state index < -0.39 is 21.7 Å². The molecule has 8 heteroatoms. The van der Waals surface area contributed by atoms with Crippen LogP contribution in [0.1, 0.15) is 25.5 Å². The van der Waals surface area contributed by atoms with E-state index in [2.05, 4.69) is 5.32 Å². The molecule has 146 valence electrons. The van der Waals surface area contributed by atoms with E-state index in [1.807, 2.05) is 37.3 Å². The number of carbonyl (C=O) groups excluding carboxylic acids is 1. The van der Waals surface area contributed by atoms with Gasteiger partial charge in [-0.05, 0) is 30.7 Å². The van der Waals surface area contributed by atoms with Crippen molar-refractivity contribution in [3.63, 3.8) is 0 Å². The molecule has 1 amide bonds. The Bertz CT molecular complexity index is 888. The topological polar surface area (TPSA) is 75.7 Å². The maximum absolute atomic E-state index is 13.6. The first-order valence-electron chi connectivity index (χ1n) is 8.47. The highest BCUT2D eigenvalue weighted by Crippen LogP contribution is 2.27. The summed E-state index contributed by atoms with van der Waals surface area (Å²) in [5, 5.41) is 2.77. The fourth-order valence-corrected chi connectivity index (χ4v) is 4.20. The number of hydrogen-bond acceptors (Lipinski definition) is 4. The minimum absolute atomic E-state index is 0.0212. The van der Waals surface area contributed by atoms with E-state index in [-0.39, 0.29) is 29.8 Å². The normalized spacial score (nSPS) is 12.6. The average Bonchev–Trinajstić information content (AvgIpc) is 2.66. The van der Waals surface area contributed by atoms with Crippen LogP contribution in [-0.2, 0) is 14.8 Å². The number of nitrogens with one attached hydrogen (secondary N) is 1. The van der Waals surface area contributed by atoms with Crippen LogP contribution in [0.25, 0.3) is 0 Å². The van der Waals surface area contributed by atoms with Gasteiger partial charge in [-0.25, -0.2) is 12.8 Å². The molecule has 0 radical (unpaired) electrons. The van der Waals surface area contributed by atoms with Gasteiger partial charge in [-0.3, -0.25) is 4.79 Å². The van der Waals surface area contributed by atoms with Crippen molar-refractivity contribution in [3.05, 3.63) is 59.9 Å². The molecule has 0 aromatic heterocycles. The van der Waals surface area contributed by atoms with Gasteiger partial charge in [0.15, 0.2) is 0 Å². The van der Waals surface area contributed by atoms with Crippen LogP contribution in [0.15, 0.2) is 53.4 Å². The Morgan fingerprint density at radius 2 is 1.89 bits per heavy atom. The number of halogens is 1. The highest BCUT2D eigenvalue weighted by molar-refractivity contribution is 7.89. The van der Waals surface area contributed by atoms with Crippen molar-refractivity contribution in [1.82, 2.24) is 9.62 Å². The van der Waals surface area contributed by atoms with Gasteiger partial charge in [0.25, 0.3) is 0 Å². The molecule has 0 unspecified atom stereocenters. The van der Waals surface area contributed by atoms with Gasteiger partial charge in [0.1, 0.15) is 16.5 Å². The van der Waals surface area contributed by atoms with E-state index in [9.17, 15) is 17.6 Å². The van der Waals surface area contributed by atoms with E-state index in [1.165, 1.54) is 13.2 Å². The van der Waals surface area contributed by atoms with Crippen molar-refractivity contribution in [2.45, 2.75) is 24.8 Å². The Kier molecular flexibility index (Phi) is 6.92. The Hall–Kier alpha value is -2.45. The van der Waals surface area contributed by atoms with Crippen molar-refractivity contribution >= 4 is 15.9 Å². The maximum atomic E-state index is 13.6. The maximum Gasteiger partial charge on any atom is 0.247 e. The number of ether oxygens (including phenoxy) is 1. The highest BCUT2D eigenvalue weighted by Gasteiger charge is 2.29. The van der Waals surface area contributed by atoms with Crippen LogP contribution in [0, 0.1) is 5.82 Å². The van der Waals surface area contributed by atoms with Crippen LogP contribution in [0.4, 0.5) is 4.39 Å². The highest BCUT2D eigenvalue weighted by atomic mass is 32.2. The second-order valence-electron chi connectivity index (χ2n) is 5.93. The third-order valence-corrected chi connectivity index (χ3v) is 6.04. The summed E-state index contributed by atoms with van der Waals surface area (Å²) < 4.78 is 45.4. The molecule has 0 bridgehead atoms. The second kappa shape index (κ2) is 8.96. The number of hydrogen-bond donors (Lipinski definition) is 1. The van der Waals surface area contributed by atoms with Crippen LogP contribution in [0.5, 0.6) is 5.75 Å². The number of rotatable bonds is 8. The van der Waals surface area contributed by atoms with Gasteiger partial charge in [-0.1, -0.05) is 37.3 Å². The van der Waals surface area contributed by atoms with Gasteiger partial charge in [-0.2, -0.15) is 4.31 Å². The van der Waals surface area contributed by atoms with E-state index in [1.54, 1.807) is 6.92 Å².